The molecule has 1 aromatic carbocycles. The van der Waals surface area contributed by atoms with Crippen molar-refractivity contribution in [3.63, 3.8) is 0 Å². The Kier molecular flexibility index (Phi) is 3.89. The summed E-state index contributed by atoms with van der Waals surface area (Å²) >= 11 is 0. The summed E-state index contributed by atoms with van der Waals surface area (Å²) in [6.07, 6.45) is 2.71. The van der Waals surface area contributed by atoms with Gasteiger partial charge in [-0.2, -0.15) is 0 Å². The minimum atomic E-state index is 0.793. The predicted octanol–water partition coefficient (Wildman–Crippen LogP) is 2.19. The summed E-state index contributed by atoms with van der Waals surface area (Å²) in [7, 11) is 3.85. The Bertz CT molecular complexity index is 374. The van der Waals surface area contributed by atoms with Crippen molar-refractivity contribution in [1.82, 2.24) is 5.32 Å². The van der Waals surface area contributed by atoms with Crippen molar-refractivity contribution in [3.05, 3.63) is 23.8 Å². The molecule has 1 aromatic rings. The standard InChI is InChI=1S/C14H22N2O/c1-11-10-13(6-7-14(11)17-3)16(2)9-8-15-12-4-5-12/h6-7,10,12,15H,4-5,8-9H2,1-3H3. The fraction of sp³-hybridized carbons (Fsp3) is 0.571. The maximum absolute atomic E-state index is 5.27. The van der Waals surface area contributed by atoms with Crippen LogP contribution in [0.25, 0.3) is 0 Å². The number of aryl methyl sites for hydroxylation is 1. The van der Waals surface area contributed by atoms with Gasteiger partial charge in [0.15, 0.2) is 0 Å². The van der Waals surface area contributed by atoms with Gasteiger partial charge in [0.05, 0.1) is 7.11 Å². The van der Waals surface area contributed by atoms with Crippen LogP contribution in [0.4, 0.5) is 5.69 Å². The lowest BCUT2D eigenvalue weighted by Crippen LogP contribution is -2.30. The van der Waals surface area contributed by atoms with E-state index in [4.69, 9.17) is 4.74 Å². The van der Waals surface area contributed by atoms with Crippen LogP contribution in [0, 0.1) is 6.92 Å². The van der Waals surface area contributed by atoms with Crippen molar-refractivity contribution in [1.29, 1.82) is 0 Å². The zero-order valence-corrected chi connectivity index (χ0v) is 11.0. The molecule has 0 radical (unpaired) electrons. The Morgan fingerprint density at radius 1 is 1.41 bits per heavy atom. The Hall–Kier alpha value is -1.22. The lowest BCUT2D eigenvalue weighted by Gasteiger charge is -2.20. The summed E-state index contributed by atoms with van der Waals surface area (Å²) in [5.74, 6) is 0.957. The van der Waals surface area contributed by atoms with Crippen LogP contribution in [-0.4, -0.2) is 33.3 Å². The van der Waals surface area contributed by atoms with Gasteiger partial charge in [0.2, 0.25) is 0 Å². The molecule has 0 bridgehead atoms. The van der Waals surface area contributed by atoms with E-state index >= 15 is 0 Å². The minimum absolute atomic E-state index is 0.793. The van der Waals surface area contributed by atoms with Crippen molar-refractivity contribution in [2.24, 2.45) is 0 Å². The molecule has 1 fully saturated rings. The van der Waals surface area contributed by atoms with Crippen LogP contribution in [0.1, 0.15) is 18.4 Å². The number of methoxy groups -OCH3 is 1. The van der Waals surface area contributed by atoms with Crippen LogP contribution >= 0.6 is 0 Å². The Balaban J connectivity index is 1.88. The van der Waals surface area contributed by atoms with Gasteiger partial charge in [-0.3, -0.25) is 0 Å². The zero-order chi connectivity index (χ0) is 12.3. The first-order valence-corrected chi connectivity index (χ1v) is 6.30. The summed E-state index contributed by atoms with van der Waals surface area (Å²) in [5.41, 5.74) is 2.44. The van der Waals surface area contributed by atoms with E-state index < -0.39 is 0 Å². The van der Waals surface area contributed by atoms with E-state index in [1.165, 1.54) is 24.1 Å². The molecule has 1 aliphatic rings. The third kappa shape index (κ3) is 3.37. The number of nitrogens with one attached hydrogen (secondary N) is 1. The van der Waals surface area contributed by atoms with Gasteiger partial charge in [-0.15, -0.1) is 0 Å². The van der Waals surface area contributed by atoms with Crippen LogP contribution in [0.3, 0.4) is 0 Å². The topological polar surface area (TPSA) is 24.5 Å². The second kappa shape index (κ2) is 5.41. The number of nitrogens with zero attached hydrogens (tertiary/aromatic N) is 1. The monoisotopic (exact) mass is 234 g/mol. The van der Waals surface area contributed by atoms with Gasteiger partial charge >= 0.3 is 0 Å². The molecule has 0 spiro atoms. The van der Waals surface area contributed by atoms with E-state index in [2.05, 4.69) is 36.3 Å². The van der Waals surface area contributed by atoms with E-state index in [-0.39, 0.29) is 0 Å². The maximum atomic E-state index is 5.27. The molecular formula is C14H22N2O. The fourth-order valence-corrected chi connectivity index (χ4v) is 1.95. The van der Waals surface area contributed by atoms with Gasteiger partial charge in [0.1, 0.15) is 5.75 Å². The molecule has 3 nitrogen and oxygen atoms in total. The normalized spacial score (nSPS) is 14.8. The number of anilines is 1. The maximum Gasteiger partial charge on any atom is 0.121 e. The van der Waals surface area contributed by atoms with Crippen molar-refractivity contribution in [2.75, 3.05) is 32.1 Å². The van der Waals surface area contributed by atoms with Crippen molar-refractivity contribution >= 4 is 5.69 Å². The number of hydrogen-bond acceptors (Lipinski definition) is 3. The predicted molar refractivity (Wildman–Crippen MR) is 72.0 cm³/mol. The SMILES string of the molecule is COc1ccc(N(C)CCNC2CC2)cc1C. The number of likely N-dealkylation sites (N-methyl/N-ethyl adjacent to an activating group) is 1. The van der Waals surface area contributed by atoms with Crippen LogP contribution in [-0.2, 0) is 0 Å². The van der Waals surface area contributed by atoms with Crippen LogP contribution in [0.5, 0.6) is 5.75 Å². The van der Waals surface area contributed by atoms with Gasteiger partial charge in [-0.1, -0.05) is 0 Å². The van der Waals surface area contributed by atoms with Crippen molar-refractivity contribution < 1.29 is 4.74 Å². The largest absolute Gasteiger partial charge is 0.496 e. The minimum Gasteiger partial charge on any atom is -0.496 e. The molecule has 0 aromatic heterocycles. The fourth-order valence-electron chi connectivity index (χ4n) is 1.95. The van der Waals surface area contributed by atoms with E-state index in [1.807, 2.05) is 6.07 Å². The van der Waals surface area contributed by atoms with Crippen molar-refractivity contribution in [2.45, 2.75) is 25.8 Å². The molecule has 0 heterocycles. The first kappa shape index (κ1) is 12.2. The average molecular weight is 234 g/mol. The van der Waals surface area contributed by atoms with Crippen molar-refractivity contribution in [3.8, 4) is 5.75 Å². The third-order valence-corrected chi connectivity index (χ3v) is 3.28. The summed E-state index contributed by atoms with van der Waals surface area (Å²) in [4.78, 5) is 2.28. The molecule has 1 saturated carbocycles. The number of ether oxygens (including phenoxy) is 1. The quantitative estimate of drug-likeness (QED) is 0.816. The average Bonchev–Trinajstić information content (AvgIpc) is 3.13. The molecule has 0 amide bonds. The summed E-state index contributed by atoms with van der Waals surface area (Å²) in [5, 5.41) is 3.53. The van der Waals surface area contributed by atoms with Gasteiger partial charge < -0.3 is 15.0 Å². The highest BCUT2D eigenvalue weighted by Gasteiger charge is 2.19. The third-order valence-electron chi connectivity index (χ3n) is 3.28. The van der Waals surface area contributed by atoms with E-state index in [0.717, 1.165) is 24.9 Å². The zero-order valence-electron chi connectivity index (χ0n) is 11.0. The Morgan fingerprint density at radius 3 is 2.76 bits per heavy atom. The highest BCUT2D eigenvalue weighted by molar-refractivity contribution is 5.52. The molecule has 0 saturated heterocycles. The van der Waals surface area contributed by atoms with Crippen LogP contribution in [0.15, 0.2) is 18.2 Å². The smallest absolute Gasteiger partial charge is 0.121 e. The molecule has 0 aliphatic heterocycles. The number of benzene rings is 1. The molecular weight excluding hydrogens is 212 g/mol. The first-order valence-electron chi connectivity index (χ1n) is 6.30. The number of hydrogen-bond donors (Lipinski definition) is 1. The Labute approximate surface area is 104 Å². The highest BCUT2D eigenvalue weighted by Crippen LogP contribution is 2.23. The molecule has 3 heteroatoms. The van der Waals surface area contributed by atoms with Gasteiger partial charge in [0, 0.05) is 31.9 Å². The summed E-state index contributed by atoms with van der Waals surface area (Å²) < 4.78 is 5.27. The van der Waals surface area contributed by atoms with E-state index in [0.29, 0.717) is 0 Å². The van der Waals surface area contributed by atoms with E-state index in [1.54, 1.807) is 7.11 Å². The summed E-state index contributed by atoms with van der Waals surface area (Å²) in [6, 6.07) is 7.12. The molecule has 1 N–H and O–H groups in total. The van der Waals surface area contributed by atoms with Gasteiger partial charge in [-0.25, -0.2) is 0 Å². The summed E-state index contributed by atoms with van der Waals surface area (Å²) in [6.45, 7) is 4.19. The highest BCUT2D eigenvalue weighted by atomic mass is 16.5. The van der Waals surface area contributed by atoms with E-state index in [9.17, 15) is 0 Å². The first-order chi connectivity index (χ1) is 8.20. The van der Waals surface area contributed by atoms with Gasteiger partial charge in [0.25, 0.3) is 0 Å². The van der Waals surface area contributed by atoms with Crippen LogP contribution < -0.4 is 15.0 Å². The second-order valence-corrected chi connectivity index (χ2v) is 4.80. The molecule has 0 unspecified atom stereocenters. The van der Waals surface area contributed by atoms with Crippen LogP contribution in [0.2, 0.25) is 0 Å². The molecule has 1 aliphatic carbocycles. The number of rotatable bonds is 6. The molecule has 94 valence electrons. The lowest BCUT2D eigenvalue weighted by atomic mass is 10.2. The molecule has 2 rings (SSSR count). The lowest BCUT2D eigenvalue weighted by molar-refractivity contribution is 0.411. The molecule has 0 atom stereocenters. The molecule has 17 heavy (non-hydrogen) atoms. The second-order valence-electron chi connectivity index (χ2n) is 4.80. The van der Waals surface area contributed by atoms with Gasteiger partial charge in [-0.05, 0) is 43.5 Å². The Morgan fingerprint density at radius 2 is 2.18 bits per heavy atom.